The summed E-state index contributed by atoms with van der Waals surface area (Å²) in [5.74, 6) is 0.576. The number of nitrogens with one attached hydrogen (secondary N) is 1. The van der Waals surface area contributed by atoms with Crippen molar-refractivity contribution in [3.63, 3.8) is 0 Å². The number of aryl methyl sites for hydroxylation is 1. The van der Waals surface area contributed by atoms with Crippen LogP contribution in [0, 0.1) is 5.41 Å². The summed E-state index contributed by atoms with van der Waals surface area (Å²) in [5, 5.41) is 6.93. The molecule has 1 aromatic heterocycles. The van der Waals surface area contributed by atoms with Crippen molar-refractivity contribution in [3.8, 4) is 0 Å². The van der Waals surface area contributed by atoms with Gasteiger partial charge in [0, 0.05) is 25.1 Å². The van der Waals surface area contributed by atoms with E-state index in [1.165, 1.54) is 0 Å². The molecule has 1 aromatic rings. The van der Waals surface area contributed by atoms with Crippen LogP contribution in [-0.2, 0) is 6.42 Å². The lowest BCUT2D eigenvalue weighted by atomic mass is 9.80. The first-order valence-corrected chi connectivity index (χ1v) is 8.31. The van der Waals surface area contributed by atoms with Gasteiger partial charge in [-0.3, -0.25) is 4.79 Å². The zero-order valence-corrected chi connectivity index (χ0v) is 14.9. The van der Waals surface area contributed by atoms with Gasteiger partial charge >= 0.3 is 0 Å². The molecule has 126 valence electrons. The zero-order chi connectivity index (χ0) is 16.8. The van der Waals surface area contributed by atoms with Crippen LogP contribution in [0.1, 0.15) is 63.7 Å². The Morgan fingerprint density at radius 1 is 1.45 bits per heavy atom. The summed E-state index contributed by atoms with van der Waals surface area (Å²) in [4.78, 5) is 14.6. The summed E-state index contributed by atoms with van der Waals surface area (Å²) >= 11 is 0. The first-order valence-electron chi connectivity index (χ1n) is 8.31. The SMILES string of the molecule is CCCN(C)CC(C)(CC)C(C)NC(=O)c1cc(CC)on1. The minimum atomic E-state index is -0.159. The molecule has 1 rings (SSSR count). The van der Waals surface area contributed by atoms with Crippen molar-refractivity contribution in [2.24, 2.45) is 5.41 Å². The molecule has 0 aromatic carbocycles. The topological polar surface area (TPSA) is 58.4 Å². The van der Waals surface area contributed by atoms with E-state index in [9.17, 15) is 4.79 Å². The second kappa shape index (κ2) is 8.32. The van der Waals surface area contributed by atoms with Crippen LogP contribution in [0.15, 0.2) is 10.6 Å². The van der Waals surface area contributed by atoms with E-state index in [0.29, 0.717) is 5.69 Å². The fourth-order valence-corrected chi connectivity index (χ4v) is 2.66. The van der Waals surface area contributed by atoms with E-state index < -0.39 is 0 Å². The van der Waals surface area contributed by atoms with E-state index >= 15 is 0 Å². The monoisotopic (exact) mass is 309 g/mol. The Balaban J connectivity index is 2.70. The molecule has 5 nitrogen and oxygen atoms in total. The van der Waals surface area contributed by atoms with Gasteiger partial charge in [0.2, 0.25) is 0 Å². The van der Waals surface area contributed by atoms with Gasteiger partial charge < -0.3 is 14.7 Å². The molecule has 0 fully saturated rings. The standard InChI is InChI=1S/C17H31N3O2/c1-7-10-20(6)12-17(5,9-3)13(4)18-16(21)15-11-14(8-2)22-19-15/h11,13H,7-10,12H2,1-6H3,(H,18,21). The normalized spacial score (nSPS) is 15.6. The maximum absolute atomic E-state index is 12.3. The maximum Gasteiger partial charge on any atom is 0.273 e. The number of nitrogens with zero attached hydrogens (tertiary/aromatic N) is 2. The van der Waals surface area contributed by atoms with Crippen LogP contribution in [-0.4, -0.2) is 42.1 Å². The summed E-state index contributed by atoms with van der Waals surface area (Å²) in [5.41, 5.74) is 0.390. The van der Waals surface area contributed by atoms with Crippen LogP contribution >= 0.6 is 0 Å². The van der Waals surface area contributed by atoms with Crippen molar-refractivity contribution in [1.82, 2.24) is 15.4 Å². The number of aromatic nitrogens is 1. The molecule has 0 aliphatic carbocycles. The largest absolute Gasteiger partial charge is 0.361 e. The fraction of sp³-hybridized carbons (Fsp3) is 0.765. The van der Waals surface area contributed by atoms with Gasteiger partial charge in [-0.15, -0.1) is 0 Å². The Bertz CT molecular complexity index is 472. The second-order valence-corrected chi connectivity index (χ2v) is 6.47. The maximum atomic E-state index is 12.3. The summed E-state index contributed by atoms with van der Waals surface area (Å²) in [6, 6.07) is 1.78. The third-order valence-corrected chi connectivity index (χ3v) is 4.58. The molecule has 0 spiro atoms. The Labute approximate surface area is 134 Å². The minimum absolute atomic E-state index is 0.0247. The fourth-order valence-electron chi connectivity index (χ4n) is 2.66. The molecule has 1 N–H and O–H groups in total. The van der Waals surface area contributed by atoms with Crippen molar-refractivity contribution < 1.29 is 9.32 Å². The number of amides is 1. The first kappa shape index (κ1) is 18.7. The highest BCUT2D eigenvalue weighted by Gasteiger charge is 2.32. The number of rotatable bonds is 9. The lowest BCUT2D eigenvalue weighted by Gasteiger charge is -2.38. The number of hydrogen-bond donors (Lipinski definition) is 1. The van der Waals surface area contributed by atoms with Gasteiger partial charge in [-0.05, 0) is 38.8 Å². The quantitative estimate of drug-likeness (QED) is 0.761. The summed E-state index contributed by atoms with van der Waals surface area (Å²) < 4.78 is 5.11. The van der Waals surface area contributed by atoms with Gasteiger partial charge in [-0.2, -0.15) is 0 Å². The summed E-state index contributed by atoms with van der Waals surface area (Å²) in [6.45, 7) is 12.7. The molecular weight excluding hydrogens is 278 g/mol. The molecule has 2 unspecified atom stereocenters. The molecule has 0 aliphatic heterocycles. The van der Waals surface area contributed by atoms with E-state index in [4.69, 9.17) is 4.52 Å². The van der Waals surface area contributed by atoms with E-state index in [1.807, 2.05) is 6.92 Å². The highest BCUT2D eigenvalue weighted by atomic mass is 16.5. The van der Waals surface area contributed by atoms with Crippen molar-refractivity contribution in [2.45, 2.75) is 59.9 Å². The Morgan fingerprint density at radius 3 is 2.64 bits per heavy atom. The van der Waals surface area contributed by atoms with Gasteiger partial charge in [0.25, 0.3) is 5.91 Å². The highest BCUT2D eigenvalue weighted by Crippen LogP contribution is 2.27. The van der Waals surface area contributed by atoms with Crippen LogP contribution in [0.5, 0.6) is 0 Å². The number of carbonyl (C=O) groups is 1. The lowest BCUT2D eigenvalue weighted by Crippen LogP contribution is -2.49. The second-order valence-electron chi connectivity index (χ2n) is 6.47. The third-order valence-electron chi connectivity index (χ3n) is 4.58. The van der Waals surface area contributed by atoms with Crippen molar-refractivity contribution >= 4 is 5.91 Å². The molecule has 0 saturated heterocycles. The first-order chi connectivity index (χ1) is 10.4. The van der Waals surface area contributed by atoms with Crippen molar-refractivity contribution in [2.75, 3.05) is 20.1 Å². The minimum Gasteiger partial charge on any atom is -0.361 e. The van der Waals surface area contributed by atoms with E-state index in [-0.39, 0.29) is 17.4 Å². The van der Waals surface area contributed by atoms with E-state index in [0.717, 1.165) is 38.1 Å². The van der Waals surface area contributed by atoms with Gasteiger partial charge in [0.15, 0.2) is 5.69 Å². The molecule has 5 heteroatoms. The molecule has 0 aliphatic rings. The lowest BCUT2D eigenvalue weighted by molar-refractivity contribution is 0.0843. The number of hydrogen-bond acceptors (Lipinski definition) is 4. The third kappa shape index (κ3) is 4.83. The summed E-state index contributed by atoms with van der Waals surface area (Å²) in [6.07, 6.45) is 2.88. The molecule has 0 radical (unpaired) electrons. The summed E-state index contributed by atoms with van der Waals surface area (Å²) in [7, 11) is 2.14. The number of carbonyl (C=O) groups excluding carboxylic acids is 1. The van der Waals surface area contributed by atoms with Crippen LogP contribution in [0.2, 0.25) is 0 Å². The highest BCUT2D eigenvalue weighted by molar-refractivity contribution is 5.92. The predicted octanol–water partition coefficient (Wildman–Crippen LogP) is 3.11. The molecule has 0 saturated carbocycles. The van der Waals surface area contributed by atoms with Gasteiger partial charge in [0.05, 0.1) is 0 Å². The molecule has 0 bridgehead atoms. The van der Waals surface area contributed by atoms with Crippen LogP contribution in [0.3, 0.4) is 0 Å². The van der Waals surface area contributed by atoms with E-state index in [2.05, 4.69) is 50.1 Å². The van der Waals surface area contributed by atoms with Crippen LogP contribution in [0.4, 0.5) is 0 Å². The smallest absolute Gasteiger partial charge is 0.273 e. The Morgan fingerprint density at radius 2 is 2.14 bits per heavy atom. The average Bonchev–Trinajstić information content (AvgIpc) is 2.96. The Hall–Kier alpha value is -1.36. The molecule has 1 amide bonds. The molecule has 2 atom stereocenters. The molecular formula is C17H31N3O2. The van der Waals surface area contributed by atoms with Gasteiger partial charge in [-0.1, -0.05) is 32.9 Å². The molecule has 1 heterocycles. The van der Waals surface area contributed by atoms with Crippen molar-refractivity contribution in [1.29, 1.82) is 0 Å². The molecule has 22 heavy (non-hydrogen) atoms. The predicted molar refractivity (Wildman–Crippen MR) is 89.0 cm³/mol. The van der Waals surface area contributed by atoms with Crippen molar-refractivity contribution in [3.05, 3.63) is 17.5 Å². The van der Waals surface area contributed by atoms with Gasteiger partial charge in [-0.25, -0.2) is 0 Å². The zero-order valence-electron chi connectivity index (χ0n) is 14.9. The van der Waals surface area contributed by atoms with Crippen LogP contribution < -0.4 is 5.32 Å². The average molecular weight is 309 g/mol. The van der Waals surface area contributed by atoms with Gasteiger partial charge in [0.1, 0.15) is 5.76 Å². The Kier molecular flexibility index (Phi) is 7.07. The van der Waals surface area contributed by atoms with Crippen LogP contribution in [0.25, 0.3) is 0 Å². The van der Waals surface area contributed by atoms with E-state index in [1.54, 1.807) is 6.07 Å².